The lowest BCUT2D eigenvalue weighted by atomic mass is 9.83. The molecule has 0 bridgehead atoms. The largest absolute Gasteiger partial charge is 0.478 e. The van der Waals surface area contributed by atoms with Crippen LogP contribution < -0.4 is 9.64 Å². The molecule has 2 aliphatic heterocycles. The lowest BCUT2D eigenvalue weighted by Gasteiger charge is -2.31. The summed E-state index contributed by atoms with van der Waals surface area (Å²) in [6.07, 6.45) is -6.69. The first-order chi connectivity index (χ1) is 18.0. The maximum atomic E-state index is 14.1. The molecule has 0 aliphatic carbocycles. The molecule has 1 aromatic carbocycles. The van der Waals surface area contributed by atoms with Gasteiger partial charge in [0.05, 0.1) is 16.8 Å². The van der Waals surface area contributed by atoms with Crippen LogP contribution in [0.5, 0.6) is 5.75 Å². The Labute approximate surface area is 227 Å². The van der Waals surface area contributed by atoms with Gasteiger partial charge in [-0.2, -0.15) is 13.2 Å². The van der Waals surface area contributed by atoms with E-state index in [0.29, 0.717) is 26.2 Å². The highest BCUT2D eigenvalue weighted by atomic mass is 35.5. The Morgan fingerprint density at radius 2 is 1.74 bits per heavy atom. The van der Waals surface area contributed by atoms with Gasteiger partial charge >= 0.3 is 24.3 Å². The van der Waals surface area contributed by atoms with Gasteiger partial charge in [0.25, 0.3) is 0 Å². The Morgan fingerprint density at radius 3 is 2.26 bits per heavy atom. The van der Waals surface area contributed by atoms with Crippen LogP contribution in [0.3, 0.4) is 0 Å². The van der Waals surface area contributed by atoms with Crippen LogP contribution in [0.4, 0.5) is 28.4 Å². The molecule has 1 fully saturated rings. The summed E-state index contributed by atoms with van der Waals surface area (Å²) in [6, 6.07) is 1.26. The number of fused-ring (bicyclic) bond motifs is 3. The number of amides is 2. The normalized spacial score (nSPS) is 20.3. The van der Waals surface area contributed by atoms with Crippen molar-refractivity contribution in [2.24, 2.45) is 0 Å². The Balaban J connectivity index is 1.98. The van der Waals surface area contributed by atoms with Crippen LogP contribution in [0.2, 0.25) is 0 Å². The molecule has 0 radical (unpaired) electrons. The van der Waals surface area contributed by atoms with Gasteiger partial charge in [0.1, 0.15) is 11.3 Å². The molecular formula is C25H30ClF3N4O6. The molecule has 2 amide bonds. The Hall–Kier alpha value is -3.19. The molecule has 14 heteroatoms. The molecule has 1 atom stereocenters. The van der Waals surface area contributed by atoms with Gasteiger partial charge in [0.2, 0.25) is 0 Å². The highest BCUT2D eigenvalue weighted by molar-refractivity contribution is 6.20. The van der Waals surface area contributed by atoms with E-state index in [-0.39, 0.29) is 40.3 Å². The molecule has 4 rings (SSSR count). The lowest BCUT2D eigenvalue weighted by Crippen LogP contribution is -2.48. The van der Waals surface area contributed by atoms with E-state index in [0.717, 1.165) is 0 Å². The summed E-state index contributed by atoms with van der Waals surface area (Å²) < 4.78 is 53.3. The highest BCUT2D eigenvalue weighted by Crippen LogP contribution is 2.51. The predicted molar refractivity (Wildman–Crippen MR) is 137 cm³/mol. The van der Waals surface area contributed by atoms with Gasteiger partial charge in [-0.25, -0.2) is 14.4 Å². The van der Waals surface area contributed by atoms with Crippen molar-refractivity contribution in [1.82, 2.24) is 14.8 Å². The summed E-state index contributed by atoms with van der Waals surface area (Å²) in [7, 11) is 1.89. The zero-order valence-electron chi connectivity index (χ0n) is 22.2. The topological polar surface area (TPSA) is 115 Å². The number of likely N-dealkylation sites (N-methyl/N-ethyl adjacent to an activating group) is 1. The number of carbonyl (C=O) groups is 3. The second kappa shape index (κ2) is 9.77. The van der Waals surface area contributed by atoms with E-state index in [2.05, 4.69) is 4.98 Å². The SMILES string of the molecule is CN1CCN(C(=O)Oc2cc3c(c4c(C(=O)O)c(C(F)(F)F)[nH]c24)[C@](C)(CCl)CN3C(=O)OC(C)(C)C)CC1. The second-order valence-corrected chi connectivity index (χ2v) is 11.4. The van der Waals surface area contributed by atoms with Crippen LogP contribution in [0.25, 0.3) is 10.9 Å². The minimum Gasteiger partial charge on any atom is -0.478 e. The number of H-pyrrole nitrogens is 1. The number of hydrogen-bond donors (Lipinski definition) is 2. The van der Waals surface area contributed by atoms with Crippen molar-refractivity contribution in [3.63, 3.8) is 0 Å². The van der Waals surface area contributed by atoms with E-state index < -0.39 is 46.6 Å². The average molecular weight is 575 g/mol. The van der Waals surface area contributed by atoms with Crippen molar-refractivity contribution >= 4 is 46.3 Å². The number of ether oxygens (including phenoxy) is 2. The number of nitrogens with zero attached hydrogens (tertiary/aromatic N) is 3. The maximum Gasteiger partial charge on any atom is 0.432 e. The number of alkyl halides is 4. The molecule has 2 aliphatic rings. The van der Waals surface area contributed by atoms with Crippen LogP contribution >= 0.6 is 11.6 Å². The van der Waals surface area contributed by atoms with E-state index in [9.17, 15) is 32.7 Å². The number of aromatic nitrogens is 1. The molecular weight excluding hydrogens is 545 g/mol. The van der Waals surface area contributed by atoms with Crippen molar-refractivity contribution in [3.8, 4) is 5.75 Å². The van der Waals surface area contributed by atoms with Crippen molar-refractivity contribution in [2.75, 3.05) is 50.6 Å². The lowest BCUT2D eigenvalue weighted by molar-refractivity contribution is -0.141. The van der Waals surface area contributed by atoms with Crippen LogP contribution in [0, 0.1) is 0 Å². The zero-order chi connectivity index (χ0) is 29.1. The standard InChI is InChI=1S/C25H30ClF3N4O6/c1-23(2,3)39-22(37)33-12-24(4,11-26)17-13(33)10-14(38-21(36)32-8-6-31(5)7-9-32)18-15(17)16(20(34)35)19(30-18)25(27,28)29/h10,30H,6-9,11-12H2,1-5H3,(H,34,35)/t24-/m1/s1. The predicted octanol–water partition coefficient (Wildman–Crippen LogP) is 4.88. The molecule has 10 nitrogen and oxygen atoms in total. The van der Waals surface area contributed by atoms with E-state index in [1.54, 1.807) is 27.7 Å². The highest BCUT2D eigenvalue weighted by Gasteiger charge is 2.48. The summed E-state index contributed by atoms with van der Waals surface area (Å²) >= 11 is 6.29. The van der Waals surface area contributed by atoms with Crippen molar-refractivity contribution in [3.05, 3.63) is 22.9 Å². The number of hydrogen-bond acceptors (Lipinski definition) is 6. The maximum absolute atomic E-state index is 14.1. The zero-order valence-corrected chi connectivity index (χ0v) is 22.9. The summed E-state index contributed by atoms with van der Waals surface area (Å²) in [5.41, 5.74) is -4.78. The fourth-order valence-corrected chi connectivity index (χ4v) is 5.13. The fraction of sp³-hybridized carbons (Fsp3) is 0.560. The van der Waals surface area contributed by atoms with Gasteiger partial charge in [0.15, 0.2) is 5.75 Å². The number of benzene rings is 1. The van der Waals surface area contributed by atoms with E-state index in [1.165, 1.54) is 15.9 Å². The van der Waals surface area contributed by atoms with E-state index in [4.69, 9.17) is 21.1 Å². The number of piperazine rings is 1. The minimum absolute atomic E-state index is 0.0521. The summed E-state index contributed by atoms with van der Waals surface area (Å²) in [5.74, 6) is -2.34. The molecule has 2 N–H and O–H groups in total. The summed E-state index contributed by atoms with van der Waals surface area (Å²) in [6.45, 7) is 8.27. The smallest absolute Gasteiger partial charge is 0.432 e. The van der Waals surface area contributed by atoms with Crippen LogP contribution in [0.15, 0.2) is 6.07 Å². The Kier molecular flexibility index (Phi) is 7.22. The Morgan fingerprint density at radius 1 is 1.13 bits per heavy atom. The molecule has 0 saturated carbocycles. The molecule has 0 unspecified atom stereocenters. The molecule has 2 aromatic rings. The van der Waals surface area contributed by atoms with Gasteiger partial charge in [-0.3, -0.25) is 4.90 Å². The number of aromatic amines is 1. The monoisotopic (exact) mass is 574 g/mol. The summed E-state index contributed by atoms with van der Waals surface area (Å²) in [4.78, 5) is 45.2. The molecule has 1 saturated heterocycles. The van der Waals surface area contributed by atoms with Crippen LogP contribution in [-0.2, 0) is 16.3 Å². The van der Waals surface area contributed by atoms with Gasteiger partial charge in [-0.05, 0) is 33.4 Å². The third-order valence-electron chi connectivity index (χ3n) is 6.79. The van der Waals surface area contributed by atoms with Gasteiger partial charge in [0, 0.05) is 55.5 Å². The summed E-state index contributed by atoms with van der Waals surface area (Å²) in [5, 5.41) is 9.61. The van der Waals surface area contributed by atoms with Crippen molar-refractivity contribution in [1.29, 1.82) is 0 Å². The van der Waals surface area contributed by atoms with Gasteiger partial charge < -0.3 is 29.4 Å². The third-order valence-corrected chi connectivity index (χ3v) is 7.38. The van der Waals surface area contributed by atoms with Crippen molar-refractivity contribution in [2.45, 2.75) is 44.9 Å². The molecule has 214 valence electrons. The number of carbonyl (C=O) groups excluding carboxylic acids is 2. The molecule has 39 heavy (non-hydrogen) atoms. The van der Waals surface area contributed by atoms with Crippen LogP contribution in [-0.4, -0.2) is 89.3 Å². The first-order valence-corrected chi connectivity index (χ1v) is 12.8. The average Bonchev–Trinajstić information content (AvgIpc) is 3.35. The number of carboxylic acids is 1. The van der Waals surface area contributed by atoms with E-state index >= 15 is 0 Å². The minimum atomic E-state index is -5.07. The first-order valence-electron chi connectivity index (χ1n) is 12.2. The Bertz CT molecular complexity index is 1330. The molecule has 1 aromatic heterocycles. The second-order valence-electron chi connectivity index (χ2n) is 11.1. The van der Waals surface area contributed by atoms with Crippen LogP contribution in [0.1, 0.15) is 49.3 Å². The number of aromatic carboxylic acids is 1. The third kappa shape index (κ3) is 5.33. The number of halogens is 4. The number of rotatable bonds is 3. The quantitative estimate of drug-likeness (QED) is 0.502. The molecule has 0 spiro atoms. The molecule has 3 heterocycles. The van der Waals surface area contributed by atoms with Gasteiger partial charge in [-0.15, -0.1) is 11.6 Å². The number of carboxylic acid groups (broad SMARTS) is 1. The van der Waals surface area contributed by atoms with Gasteiger partial charge in [-0.1, -0.05) is 6.92 Å². The van der Waals surface area contributed by atoms with Crippen molar-refractivity contribution < 1.29 is 42.1 Å². The number of nitrogens with one attached hydrogen (secondary N) is 1. The fourth-order valence-electron chi connectivity index (χ4n) is 4.91. The van der Waals surface area contributed by atoms with E-state index in [1.807, 2.05) is 11.9 Å². The number of anilines is 1. The first kappa shape index (κ1) is 28.8.